The lowest BCUT2D eigenvalue weighted by Gasteiger charge is -2.62. The summed E-state index contributed by atoms with van der Waals surface area (Å²) < 4.78 is 0. The minimum absolute atomic E-state index is 0.111. The number of carbonyl (C=O) groups excluding carboxylic acids is 2. The van der Waals surface area contributed by atoms with Gasteiger partial charge in [0.15, 0.2) is 0 Å². The number of Topliss-reactive ketones (excluding diaryl/α,β-unsaturated/α-hetero) is 1. The number of hydrogen-bond acceptors (Lipinski definition) is 3. The number of fused-ring (bicyclic) bond motifs is 5. The van der Waals surface area contributed by atoms with Gasteiger partial charge in [-0.25, -0.2) is 0 Å². The maximum absolute atomic E-state index is 12.4. The van der Waals surface area contributed by atoms with Crippen LogP contribution in [0.4, 0.5) is 0 Å². The molecule has 4 nitrogen and oxygen atoms in total. The summed E-state index contributed by atoms with van der Waals surface area (Å²) >= 11 is 0. The molecule has 230 valence electrons. The standard InChI is InChI=1S/C36H63NO3/c1-4-5-15-24-37-33(40)17-14-12-10-8-6-7-9-11-13-16-27-26-36(3)31(20-21-32(36)39)30-19-18-28-25-29(38)22-23-35(28,2)34(27)30/h27-28,30-32,34,39H,4-26H2,1-3H3,(H,37,40)/t27-,28-,30-,31-,32-,34-,35-,36-/m0/s1. The van der Waals surface area contributed by atoms with Gasteiger partial charge in [0.1, 0.15) is 5.78 Å². The molecule has 0 radical (unpaired) electrons. The summed E-state index contributed by atoms with van der Waals surface area (Å²) in [6.07, 6.45) is 25.6. The predicted molar refractivity (Wildman–Crippen MR) is 165 cm³/mol. The van der Waals surface area contributed by atoms with Gasteiger partial charge in [0.05, 0.1) is 6.10 Å². The highest BCUT2D eigenvalue weighted by Gasteiger charge is 2.62. The summed E-state index contributed by atoms with van der Waals surface area (Å²) in [6.45, 7) is 8.04. The Balaban J connectivity index is 1.15. The van der Waals surface area contributed by atoms with E-state index in [2.05, 4.69) is 26.1 Å². The van der Waals surface area contributed by atoms with Gasteiger partial charge in [-0.15, -0.1) is 0 Å². The van der Waals surface area contributed by atoms with Crippen LogP contribution in [0.25, 0.3) is 0 Å². The molecule has 8 atom stereocenters. The SMILES string of the molecule is CCCCCNC(=O)CCCCCCCCCCC[C@H]1C[C@]2(C)[C@@H](O)CC[C@H]2[C@@H]2CC[C@H]3CC(=O)CC[C@]3(C)[C@@H]12. The molecule has 0 aliphatic heterocycles. The molecule has 40 heavy (non-hydrogen) atoms. The maximum atomic E-state index is 12.4. The van der Waals surface area contributed by atoms with Gasteiger partial charge in [-0.1, -0.05) is 91.4 Å². The van der Waals surface area contributed by atoms with Crippen molar-refractivity contribution >= 4 is 11.7 Å². The van der Waals surface area contributed by atoms with Gasteiger partial charge < -0.3 is 10.4 Å². The first-order chi connectivity index (χ1) is 19.3. The summed E-state index contributed by atoms with van der Waals surface area (Å²) in [7, 11) is 0. The van der Waals surface area contributed by atoms with E-state index in [1.165, 1.54) is 96.3 Å². The number of unbranched alkanes of at least 4 members (excludes halogenated alkanes) is 10. The molecule has 4 heteroatoms. The number of aliphatic hydroxyl groups is 1. The highest BCUT2D eigenvalue weighted by atomic mass is 16.3. The van der Waals surface area contributed by atoms with Gasteiger partial charge in [0, 0.05) is 25.8 Å². The molecule has 0 saturated heterocycles. The van der Waals surface area contributed by atoms with E-state index in [0.717, 1.165) is 62.8 Å². The largest absolute Gasteiger partial charge is 0.393 e. The van der Waals surface area contributed by atoms with E-state index in [-0.39, 0.29) is 17.4 Å². The Kier molecular flexibility index (Phi) is 12.0. The summed E-state index contributed by atoms with van der Waals surface area (Å²) in [5.74, 6) is 4.31. The van der Waals surface area contributed by atoms with Crippen LogP contribution >= 0.6 is 0 Å². The molecule has 4 rings (SSSR count). The molecule has 2 N–H and O–H groups in total. The second-order valence-corrected chi connectivity index (χ2v) is 15.2. The van der Waals surface area contributed by atoms with Crippen molar-refractivity contribution in [1.82, 2.24) is 5.32 Å². The van der Waals surface area contributed by atoms with Crippen molar-refractivity contribution in [2.45, 2.75) is 168 Å². The number of amides is 1. The normalized spacial score (nSPS) is 37.0. The number of carbonyl (C=O) groups is 2. The summed E-state index contributed by atoms with van der Waals surface area (Å²) in [4.78, 5) is 24.3. The molecule has 4 fully saturated rings. The molecule has 4 aliphatic rings. The lowest BCUT2D eigenvalue weighted by molar-refractivity contribution is -0.159. The molecule has 0 aromatic heterocycles. The van der Waals surface area contributed by atoms with Crippen molar-refractivity contribution in [1.29, 1.82) is 0 Å². The molecule has 0 bridgehead atoms. The van der Waals surface area contributed by atoms with Gasteiger partial charge in [0.2, 0.25) is 5.91 Å². The van der Waals surface area contributed by atoms with Gasteiger partial charge in [-0.3, -0.25) is 9.59 Å². The molecule has 0 aromatic rings. The van der Waals surface area contributed by atoms with E-state index in [0.29, 0.717) is 29.5 Å². The van der Waals surface area contributed by atoms with Crippen molar-refractivity contribution in [3.05, 3.63) is 0 Å². The van der Waals surface area contributed by atoms with E-state index in [1.54, 1.807) is 0 Å². The molecule has 4 saturated carbocycles. The number of nitrogens with one attached hydrogen (secondary N) is 1. The van der Waals surface area contributed by atoms with Crippen LogP contribution in [0.15, 0.2) is 0 Å². The molecular formula is C36H63NO3. The Bertz CT molecular complexity index is 812. The molecule has 1 amide bonds. The van der Waals surface area contributed by atoms with Gasteiger partial charge >= 0.3 is 0 Å². The Hall–Kier alpha value is -0.900. The molecule has 4 aliphatic carbocycles. The Morgan fingerprint density at radius 1 is 0.875 bits per heavy atom. The highest BCUT2D eigenvalue weighted by molar-refractivity contribution is 5.79. The average Bonchev–Trinajstić information content (AvgIpc) is 3.23. The van der Waals surface area contributed by atoms with E-state index in [4.69, 9.17) is 0 Å². The van der Waals surface area contributed by atoms with Crippen LogP contribution < -0.4 is 5.32 Å². The van der Waals surface area contributed by atoms with E-state index < -0.39 is 0 Å². The first kappa shape index (κ1) is 32.0. The summed E-state index contributed by atoms with van der Waals surface area (Å²) in [6, 6.07) is 0. The Morgan fingerprint density at radius 3 is 2.30 bits per heavy atom. The van der Waals surface area contributed by atoms with E-state index in [9.17, 15) is 14.7 Å². The fourth-order valence-electron chi connectivity index (χ4n) is 10.3. The molecular weight excluding hydrogens is 494 g/mol. The number of rotatable bonds is 16. The zero-order valence-electron chi connectivity index (χ0n) is 26.5. The molecule has 0 spiro atoms. The summed E-state index contributed by atoms with van der Waals surface area (Å²) in [5, 5.41) is 14.1. The lowest BCUT2D eigenvalue weighted by atomic mass is 9.42. The smallest absolute Gasteiger partial charge is 0.219 e. The van der Waals surface area contributed by atoms with Crippen molar-refractivity contribution in [2.24, 2.45) is 40.4 Å². The summed E-state index contributed by atoms with van der Waals surface area (Å²) in [5.41, 5.74) is 0.460. The van der Waals surface area contributed by atoms with Crippen LogP contribution in [0.5, 0.6) is 0 Å². The number of ketones is 1. The predicted octanol–water partition coefficient (Wildman–Crippen LogP) is 8.78. The van der Waals surface area contributed by atoms with Crippen LogP contribution in [0.2, 0.25) is 0 Å². The van der Waals surface area contributed by atoms with E-state index in [1.807, 2.05) is 0 Å². The van der Waals surface area contributed by atoms with Crippen molar-refractivity contribution in [2.75, 3.05) is 6.54 Å². The molecule has 0 aromatic carbocycles. The third-order valence-electron chi connectivity index (χ3n) is 12.6. The topological polar surface area (TPSA) is 66.4 Å². The van der Waals surface area contributed by atoms with Crippen LogP contribution in [0.1, 0.15) is 162 Å². The zero-order valence-corrected chi connectivity index (χ0v) is 26.5. The second kappa shape index (κ2) is 15.0. The minimum Gasteiger partial charge on any atom is -0.393 e. The fraction of sp³-hybridized carbons (Fsp3) is 0.944. The van der Waals surface area contributed by atoms with Crippen LogP contribution in [0, 0.1) is 40.4 Å². The fourth-order valence-corrected chi connectivity index (χ4v) is 10.3. The van der Waals surface area contributed by atoms with Crippen LogP contribution in [0.3, 0.4) is 0 Å². The first-order valence-corrected chi connectivity index (χ1v) is 17.8. The molecule has 0 unspecified atom stereocenters. The first-order valence-electron chi connectivity index (χ1n) is 17.8. The van der Waals surface area contributed by atoms with Crippen molar-refractivity contribution < 1.29 is 14.7 Å². The number of aliphatic hydroxyl groups excluding tert-OH is 1. The second-order valence-electron chi connectivity index (χ2n) is 15.2. The lowest BCUT2D eigenvalue weighted by Crippen LogP contribution is -2.57. The van der Waals surface area contributed by atoms with Crippen LogP contribution in [-0.4, -0.2) is 29.4 Å². The Labute approximate surface area is 246 Å². The van der Waals surface area contributed by atoms with Crippen molar-refractivity contribution in [3.8, 4) is 0 Å². The number of hydrogen-bond donors (Lipinski definition) is 2. The maximum Gasteiger partial charge on any atom is 0.219 e. The third kappa shape index (κ3) is 7.54. The van der Waals surface area contributed by atoms with E-state index >= 15 is 0 Å². The third-order valence-corrected chi connectivity index (χ3v) is 12.6. The van der Waals surface area contributed by atoms with Crippen LogP contribution in [-0.2, 0) is 9.59 Å². The monoisotopic (exact) mass is 557 g/mol. The average molecular weight is 558 g/mol. The van der Waals surface area contributed by atoms with Crippen molar-refractivity contribution in [3.63, 3.8) is 0 Å². The molecule has 0 heterocycles. The minimum atomic E-state index is -0.111. The quantitative estimate of drug-likeness (QED) is 0.186. The highest BCUT2D eigenvalue weighted by Crippen LogP contribution is 2.68. The van der Waals surface area contributed by atoms with Gasteiger partial charge in [-0.2, -0.15) is 0 Å². The Morgan fingerprint density at radius 2 is 1.57 bits per heavy atom. The zero-order chi connectivity index (χ0) is 28.6. The van der Waals surface area contributed by atoms with Gasteiger partial charge in [-0.05, 0) is 91.8 Å². The van der Waals surface area contributed by atoms with Gasteiger partial charge in [0.25, 0.3) is 0 Å².